The molecule has 3 aromatic carbocycles. The summed E-state index contributed by atoms with van der Waals surface area (Å²) in [5, 5.41) is 13.0. The number of hydrogen-bond acceptors (Lipinski definition) is 6. The molecule has 9 nitrogen and oxygen atoms in total. The number of aryl methyl sites for hydroxylation is 1. The van der Waals surface area contributed by atoms with Gasteiger partial charge in [0.25, 0.3) is 17.5 Å². The van der Waals surface area contributed by atoms with Gasteiger partial charge in [0, 0.05) is 39.0 Å². The SMILES string of the molecule is Cc1cc(C=C2C(=O)NC(=O)N(c3ccc(F)cc3)C2=O)c(C)n1-c1ccc(Sc2ccc([N+](=O)[O-])cc2)cc1. The summed E-state index contributed by atoms with van der Waals surface area (Å²) in [5.41, 5.74) is 3.05. The molecule has 0 aliphatic carbocycles. The van der Waals surface area contributed by atoms with Crippen LogP contribution in [0.2, 0.25) is 0 Å². The molecule has 0 unspecified atom stereocenters. The van der Waals surface area contributed by atoms with Crippen LogP contribution < -0.4 is 10.2 Å². The molecule has 4 amide bonds. The third kappa shape index (κ3) is 5.14. The molecule has 0 atom stereocenters. The zero-order chi connectivity index (χ0) is 28.6. The third-order valence-corrected chi connectivity index (χ3v) is 7.35. The van der Waals surface area contributed by atoms with E-state index in [9.17, 15) is 28.9 Å². The number of benzene rings is 3. The number of carbonyl (C=O) groups excluding carboxylic acids is 3. The van der Waals surface area contributed by atoms with Crippen LogP contribution in [0.1, 0.15) is 17.0 Å². The Bertz CT molecular complexity index is 1690. The molecule has 1 aliphatic heterocycles. The highest BCUT2D eigenvalue weighted by Gasteiger charge is 2.37. The number of rotatable bonds is 6. The van der Waals surface area contributed by atoms with E-state index in [-0.39, 0.29) is 16.9 Å². The lowest BCUT2D eigenvalue weighted by atomic mass is 10.1. The molecule has 1 fully saturated rings. The molecule has 0 radical (unpaired) electrons. The van der Waals surface area contributed by atoms with E-state index in [0.717, 1.165) is 43.9 Å². The molecule has 2 heterocycles. The fraction of sp³-hybridized carbons (Fsp3) is 0.0690. The second kappa shape index (κ2) is 10.6. The molecule has 5 rings (SSSR count). The van der Waals surface area contributed by atoms with E-state index in [0.29, 0.717) is 5.56 Å². The van der Waals surface area contributed by atoms with Crippen LogP contribution in [-0.2, 0) is 9.59 Å². The average Bonchev–Trinajstić information content (AvgIpc) is 3.20. The Labute approximate surface area is 232 Å². The number of aromatic nitrogens is 1. The van der Waals surface area contributed by atoms with Crippen LogP contribution >= 0.6 is 11.8 Å². The lowest BCUT2D eigenvalue weighted by molar-refractivity contribution is -0.384. The first-order valence-corrected chi connectivity index (χ1v) is 12.8. The normalized spacial score (nSPS) is 14.5. The summed E-state index contributed by atoms with van der Waals surface area (Å²) in [7, 11) is 0. The summed E-state index contributed by atoms with van der Waals surface area (Å²) in [5.74, 6) is -2.14. The van der Waals surface area contributed by atoms with E-state index >= 15 is 0 Å². The Morgan fingerprint density at radius 2 is 1.45 bits per heavy atom. The van der Waals surface area contributed by atoms with Gasteiger partial charge in [-0.25, -0.2) is 14.1 Å². The van der Waals surface area contributed by atoms with E-state index in [1.54, 1.807) is 12.1 Å². The van der Waals surface area contributed by atoms with Crippen molar-refractivity contribution in [2.75, 3.05) is 4.90 Å². The number of amides is 4. The van der Waals surface area contributed by atoms with E-state index < -0.39 is 28.6 Å². The number of nitro benzene ring substituents is 1. The molecule has 11 heteroatoms. The number of imide groups is 2. The number of hydrogen-bond donors (Lipinski definition) is 1. The second-order valence-electron chi connectivity index (χ2n) is 8.94. The molecule has 4 aromatic rings. The van der Waals surface area contributed by atoms with Crippen molar-refractivity contribution >= 4 is 47.1 Å². The predicted molar refractivity (Wildman–Crippen MR) is 148 cm³/mol. The Morgan fingerprint density at radius 1 is 0.875 bits per heavy atom. The molecule has 1 aromatic heterocycles. The molecule has 0 spiro atoms. The fourth-order valence-corrected chi connectivity index (χ4v) is 5.22. The third-order valence-electron chi connectivity index (χ3n) is 6.33. The molecule has 1 aliphatic rings. The average molecular weight is 557 g/mol. The monoisotopic (exact) mass is 556 g/mol. The van der Waals surface area contributed by atoms with Gasteiger partial charge in [0.15, 0.2) is 0 Å². The van der Waals surface area contributed by atoms with Crippen LogP contribution in [0.25, 0.3) is 11.8 Å². The summed E-state index contributed by atoms with van der Waals surface area (Å²) in [6, 6.07) is 19.8. The minimum Gasteiger partial charge on any atom is -0.318 e. The molecule has 1 N–H and O–H groups in total. The van der Waals surface area contributed by atoms with Crippen LogP contribution in [0.15, 0.2) is 94.2 Å². The zero-order valence-electron chi connectivity index (χ0n) is 21.3. The lowest BCUT2D eigenvalue weighted by Crippen LogP contribution is -2.54. The number of nitrogens with zero attached hydrogens (tertiary/aromatic N) is 3. The molecule has 200 valence electrons. The van der Waals surface area contributed by atoms with Crippen molar-refractivity contribution in [1.29, 1.82) is 0 Å². The highest BCUT2D eigenvalue weighted by Crippen LogP contribution is 2.31. The quantitative estimate of drug-likeness (QED) is 0.136. The Hall–Kier alpha value is -5.03. The first kappa shape index (κ1) is 26.6. The van der Waals surface area contributed by atoms with E-state index in [4.69, 9.17) is 0 Å². The lowest BCUT2D eigenvalue weighted by Gasteiger charge is -2.26. The van der Waals surface area contributed by atoms with Crippen molar-refractivity contribution in [3.8, 4) is 5.69 Å². The fourth-order valence-electron chi connectivity index (χ4n) is 4.40. The summed E-state index contributed by atoms with van der Waals surface area (Å²) < 4.78 is 15.3. The summed E-state index contributed by atoms with van der Waals surface area (Å²) >= 11 is 1.47. The van der Waals surface area contributed by atoms with Crippen molar-refractivity contribution < 1.29 is 23.7 Å². The van der Waals surface area contributed by atoms with Gasteiger partial charge >= 0.3 is 6.03 Å². The topological polar surface area (TPSA) is 115 Å². The van der Waals surface area contributed by atoms with Crippen LogP contribution in [0, 0.1) is 29.8 Å². The van der Waals surface area contributed by atoms with Crippen molar-refractivity contribution in [3.63, 3.8) is 0 Å². The largest absolute Gasteiger partial charge is 0.335 e. The van der Waals surface area contributed by atoms with Crippen LogP contribution in [0.4, 0.5) is 20.6 Å². The van der Waals surface area contributed by atoms with Crippen molar-refractivity contribution in [1.82, 2.24) is 9.88 Å². The molecule has 0 bridgehead atoms. The highest BCUT2D eigenvalue weighted by molar-refractivity contribution is 7.99. The van der Waals surface area contributed by atoms with Crippen LogP contribution in [0.5, 0.6) is 0 Å². The Kier molecular flexibility index (Phi) is 7.05. The maximum Gasteiger partial charge on any atom is 0.335 e. The molecule has 40 heavy (non-hydrogen) atoms. The van der Waals surface area contributed by atoms with Gasteiger partial charge in [-0.1, -0.05) is 11.8 Å². The van der Waals surface area contributed by atoms with Gasteiger partial charge in [-0.15, -0.1) is 0 Å². The predicted octanol–water partition coefficient (Wildman–Crippen LogP) is 5.96. The number of carbonyl (C=O) groups is 3. The maximum atomic E-state index is 13.4. The van der Waals surface area contributed by atoms with Gasteiger partial charge in [0.1, 0.15) is 11.4 Å². The minimum atomic E-state index is -0.907. The van der Waals surface area contributed by atoms with Crippen LogP contribution in [-0.4, -0.2) is 27.3 Å². The van der Waals surface area contributed by atoms with Gasteiger partial charge in [0.2, 0.25) is 0 Å². The molecule has 1 saturated heterocycles. The Morgan fingerprint density at radius 3 is 2.05 bits per heavy atom. The van der Waals surface area contributed by atoms with E-state index in [2.05, 4.69) is 5.32 Å². The standard InChI is InChI=1S/C29H21FN4O5S/c1-17-15-19(16-26-27(35)31-29(37)33(28(26)36)22-5-3-20(30)4-6-22)18(2)32(17)21-7-11-24(12-8-21)40-25-13-9-23(10-14-25)34(38)39/h3-16H,1-2H3,(H,31,35,37). The van der Waals surface area contributed by atoms with Gasteiger partial charge in [-0.3, -0.25) is 25.0 Å². The molecule has 0 saturated carbocycles. The van der Waals surface area contributed by atoms with Gasteiger partial charge < -0.3 is 4.57 Å². The Balaban J connectivity index is 1.41. The maximum absolute atomic E-state index is 13.4. The van der Waals surface area contributed by atoms with Gasteiger partial charge in [-0.2, -0.15) is 0 Å². The highest BCUT2D eigenvalue weighted by atomic mass is 32.2. The number of barbiturate groups is 1. The zero-order valence-corrected chi connectivity index (χ0v) is 22.1. The van der Waals surface area contributed by atoms with Crippen molar-refractivity contribution in [3.05, 3.63) is 117 Å². The summed E-state index contributed by atoms with van der Waals surface area (Å²) in [6.45, 7) is 3.75. The van der Waals surface area contributed by atoms with E-state index in [1.807, 2.05) is 48.7 Å². The molecular formula is C29H21FN4O5S. The van der Waals surface area contributed by atoms with Gasteiger partial charge in [0.05, 0.1) is 10.6 Å². The van der Waals surface area contributed by atoms with E-state index in [1.165, 1.54) is 42.1 Å². The first-order valence-electron chi connectivity index (χ1n) is 12.0. The molecular weight excluding hydrogens is 535 g/mol. The number of non-ortho nitro benzene ring substituents is 1. The number of urea groups is 1. The summed E-state index contributed by atoms with van der Waals surface area (Å²) in [6.07, 6.45) is 1.44. The smallest absolute Gasteiger partial charge is 0.318 e. The number of nitro groups is 1. The number of anilines is 1. The number of nitrogens with one attached hydrogen (secondary N) is 1. The minimum absolute atomic E-state index is 0.0335. The van der Waals surface area contributed by atoms with Crippen molar-refractivity contribution in [2.24, 2.45) is 0 Å². The van der Waals surface area contributed by atoms with Crippen LogP contribution in [0.3, 0.4) is 0 Å². The second-order valence-corrected chi connectivity index (χ2v) is 10.1. The number of halogens is 1. The van der Waals surface area contributed by atoms with Gasteiger partial charge in [-0.05, 0) is 92.2 Å². The summed E-state index contributed by atoms with van der Waals surface area (Å²) in [4.78, 5) is 51.3. The van der Waals surface area contributed by atoms with Crippen molar-refractivity contribution in [2.45, 2.75) is 23.6 Å². The first-order chi connectivity index (χ1) is 19.1.